The van der Waals surface area contributed by atoms with Gasteiger partial charge >= 0.3 is 0 Å². The first-order chi connectivity index (χ1) is 12.9. The predicted molar refractivity (Wildman–Crippen MR) is 114 cm³/mol. The van der Waals surface area contributed by atoms with Gasteiger partial charge in [0.05, 0.1) is 5.52 Å². The van der Waals surface area contributed by atoms with E-state index in [1.165, 1.54) is 11.1 Å². The average molecular weight is 400 g/mol. The summed E-state index contributed by atoms with van der Waals surface area (Å²) in [5, 5.41) is 0. The third-order valence-electron chi connectivity index (χ3n) is 5.55. The topological polar surface area (TPSA) is 47.4 Å². The van der Waals surface area contributed by atoms with Crippen molar-refractivity contribution >= 4 is 29.3 Å². The summed E-state index contributed by atoms with van der Waals surface area (Å²) in [5.41, 5.74) is 5.89. The number of aryl methyl sites for hydroxylation is 3. The van der Waals surface area contributed by atoms with E-state index in [1.54, 1.807) is 19.0 Å². The number of carbonyl (C=O) groups is 1. The van der Waals surface area contributed by atoms with Crippen LogP contribution in [0.15, 0.2) is 30.3 Å². The maximum Gasteiger partial charge on any atom is 0.253 e. The van der Waals surface area contributed by atoms with E-state index in [4.69, 9.17) is 9.72 Å². The molecule has 2 aromatic carbocycles. The number of benzene rings is 2. The highest BCUT2D eigenvalue weighted by molar-refractivity contribution is 6.01. The Morgan fingerprint density at radius 1 is 1.25 bits per heavy atom. The number of nitrogens with zero attached hydrogens (tertiary/aromatic N) is 3. The molecule has 2 heterocycles. The van der Waals surface area contributed by atoms with Crippen LogP contribution in [0.3, 0.4) is 0 Å². The molecule has 0 N–H and O–H groups in total. The Balaban J connectivity index is 0.00000225. The fourth-order valence-corrected chi connectivity index (χ4v) is 3.90. The Labute approximate surface area is 171 Å². The maximum absolute atomic E-state index is 12.8. The molecule has 1 aliphatic heterocycles. The maximum atomic E-state index is 12.8. The van der Waals surface area contributed by atoms with Gasteiger partial charge in [-0.15, -0.1) is 12.4 Å². The first-order valence-electron chi connectivity index (χ1n) is 9.31. The highest BCUT2D eigenvalue weighted by Gasteiger charge is 2.30. The van der Waals surface area contributed by atoms with Crippen LogP contribution >= 0.6 is 12.4 Å². The normalized spacial score (nSPS) is 15.5. The predicted octanol–water partition coefficient (Wildman–Crippen LogP) is 4.38. The lowest BCUT2D eigenvalue weighted by Crippen LogP contribution is -2.25. The van der Waals surface area contributed by atoms with Crippen LogP contribution in [0.5, 0.6) is 5.75 Å². The van der Waals surface area contributed by atoms with Crippen LogP contribution in [0.1, 0.15) is 45.4 Å². The summed E-state index contributed by atoms with van der Waals surface area (Å²) >= 11 is 0. The molecular weight excluding hydrogens is 374 g/mol. The molecule has 5 nitrogen and oxygen atoms in total. The fourth-order valence-electron chi connectivity index (χ4n) is 3.90. The van der Waals surface area contributed by atoms with Gasteiger partial charge in [-0.05, 0) is 43.9 Å². The summed E-state index contributed by atoms with van der Waals surface area (Å²) < 4.78 is 8.52. The molecule has 6 heteroatoms. The molecule has 1 atom stereocenters. The van der Waals surface area contributed by atoms with Crippen LogP contribution in [-0.4, -0.2) is 34.5 Å². The van der Waals surface area contributed by atoms with Crippen LogP contribution in [0.25, 0.3) is 11.0 Å². The van der Waals surface area contributed by atoms with Crippen LogP contribution in [-0.2, 0) is 13.5 Å². The second-order valence-electron chi connectivity index (χ2n) is 7.52. The van der Waals surface area contributed by atoms with E-state index < -0.39 is 0 Å². The zero-order valence-corrected chi connectivity index (χ0v) is 17.8. The number of halogens is 1. The van der Waals surface area contributed by atoms with Crippen LogP contribution in [0.4, 0.5) is 0 Å². The van der Waals surface area contributed by atoms with Crippen LogP contribution in [0, 0.1) is 13.8 Å². The lowest BCUT2D eigenvalue weighted by molar-refractivity contribution is 0.0823. The number of hydrogen-bond donors (Lipinski definition) is 0. The van der Waals surface area contributed by atoms with Crippen molar-refractivity contribution in [2.45, 2.75) is 32.8 Å². The molecule has 4 rings (SSSR count). The van der Waals surface area contributed by atoms with E-state index in [2.05, 4.69) is 19.1 Å². The Hall–Kier alpha value is -2.53. The van der Waals surface area contributed by atoms with Gasteiger partial charge in [-0.3, -0.25) is 4.79 Å². The molecule has 0 bridgehead atoms. The molecular formula is C22H26ClN3O2. The molecule has 1 aliphatic rings. The van der Waals surface area contributed by atoms with E-state index in [9.17, 15) is 4.79 Å². The van der Waals surface area contributed by atoms with Crippen molar-refractivity contribution in [3.8, 4) is 5.75 Å². The number of carbonyl (C=O) groups excluding carboxylic acids is 1. The van der Waals surface area contributed by atoms with Gasteiger partial charge in [-0.2, -0.15) is 0 Å². The molecule has 0 fully saturated rings. The minimum atomic E-state index is -0.0195. The quantitative estimate of drug-likeness (QED) is 0.642. The minimum Gasteiger partial charge on any atom is -0.483 e. The SMILES string of the molecule is Cc1ccccc1[C@@H]1CCc2c(C(=O)N(C)C)cc3c(nc(C)n3C)c2O1.Cl. The number of aromatic nitrogens is 2. The average Bonchev–Trinajstić information content (AvgIpc) is 2.95. The van der Waals surface area contributed by atoms with E-state index in [0.29, 0.717) is 5.56 Å². The monoisotopic (exact) mass is 399 g/mol. The van der Waals surface area contributed by atoms with Crippen molar-refractivity contribution in [1.82, 2.24) is 14.5 Å². The molecule has 148 valence electrons. The minimum absolute atomic E-state index is 0. The molecule has 28 heavy (non-hydrogen) atoms. The van der Waals surface area contributed by atoms with Gasteiger partial charge in [-0.25, -0.2) is 4.98 Å². The van der Waals surface area contributed by atoms with E-state index in [1.807, 2.05) is 36.7 Å². The Morgan fingerprint density at radius 2 is 1.96 bits per heavy atom. The second-order valence-corrected chi connectivity index (χ2v) is 7.52. The first kappa shape index (κ1) is 20.2. The van der Waals surface area contributed by atoms with Gasteiger partial charge in [0.1, 0.15) is 17.4 Å². The Bertz CT molecular complexity index is 1060. The van der Waals surface area contributed by atoms with E-state index >= 15 is 0 Å². The van der Waals surface area contributed by atoms with Gasteiger partial charge in [0.2, 0.25) is 0 Å². The molecule has 1 amide bonds. The molecule has 1 aromatic heterocycles. The third-order valence-corrected chi connectivity index (χ3v) is 5.55. The van der Waals surface area contributed by atoms with Gasteiger partial charge in [-0.1, -0.05) is 24.3 Å². The van der Waals surface area contributed by atoms with Crippen molar-refractivity contribution in [3.63, 3.8) is 0 Å². The Kier molecular flexibility index (Phi) is 5.39. The number of fused-ring (bicyclic) bond motifs is 3. The number of hydrogen-bond acceptors (Lipinski definition) is 3. The van der Waals surface area contributed by atoms with Crippen molar-refractivity contribution in [3.05, 3.63) is 58.4 Å². The highest BCUT2D eigenvalue weighted by Crippen LogP contribution is 2.42. The van der Waals surface area contributed by atoms with Gasteiger partial charge in [0.15, 0.2) is 5.75 Å². The third kappa shape index (κ3) is 3.14. The molecule has 0 saturated carbocycles. The number of rotatable bonds is 2. The van der Waals surface area contributed by atoms with E-state index in [-0.39, 0.29) is 24.4 Å². The van der Waals surface area contributed by atoms with Gasteiger partial charge in [0, 0.05) is 32.3 Å². The number of imidazole rings is 1. The largest absolute Gasteiger partial charge is 0.483 e. The molecule has 0 spiro atoms. The van der Waals surface area contributed by atoms with Crippen molar-refractivity contribution < 1.29 is 9.53 Å². The fraction of sp³-hybridized carbons (Fsp3) is 0.364. The summed E-state index contributed by atoms with van der Waals surface area (Å²) in [6.45, 7) is 4.09. The van der Waals surface area contributed by atoms with Crippen LogP contribution < -0.4 is 4.74 Å². The smallest absolute Gasteiger partial charge is 0.253 e. The standard InChI is InChI=1S/C22H25N3O2.ClH/c1-13-8-6-7-9-15(13)19-11-10-16-17(22(26)24(3)4)12-18-20(21(16)27-19)23-14(2)25(18)5;/h6-9,12,19H,10-11H2,1-5H3;1H/t19-;/m0./s1. The lowest BCUT2D eigenvalue weighted by Gasteiger charge is -2.29. The molecule has 0 saturated heterocycles. The lowest BCUT2D eigenvalue weighted by atomic mass is 9.91. The van der Waals surface area contributed by atoms with E-state index in [0.717, 1.165) is 41.0 Å². The molecule has 0 radical (unpaired) electrons. The zero-order valence-electron chi connectivity index (χ0n) is 16.9. The first-order valence-corrected chi connectivity index (χ1v) is 9.31. The van der Waals surface area contributed by atoms with Gasteiger partial charge < -0.3 is 14.2 Å². The molecule has 0 unspecified atom stereocenters. The molecule has 0 aliphatic carbocycles. The summed E-state index contributed by atoms with van der Waals surface area (Å²) in [6.07, 6.45) is 1.63. The van der Waals surface area contributed by atoms with Crippen molar-refractivity contribution in [1.29, 1.82) is 0 Å². The van der Waals surface area contributed by atoms with Gasteiger partial charge in [0.25, 0.3) is 5.91 Å². The summed E-state index contributed by atoms with van der Waals surface area (Å²) in [6, 6.07) is 10.3. The zero-order chi connectivity index (χ0) is 19.3. The van der Waals surface area contributed by atoms with Crippen molar-refractivity contribution in [2.24, 2.45) is 7.05 Å². The number of ether oxygens (including phenoxy) is 1. The molecule has 3 aromatic rings. The Morgan fingerprint density at radius 3 is 2.64 bits per heavy atom. The van der Waals surface area contributed by atoms with Crippen LogP contribution in [0.2, 0.25) is 0 Å². The summed E-state index contributed by atoms with van der Waals surface area (Å²) in [5.74, 6) is 1.68. The summed E-state index contributed by atoms with van der Waals surface area (Å²) in [4.78, 5) is 19.2. The second kappa shape index (κ2) is 7.47. The summed E-state index contributed by atoms with van der Waals surface area (Å²) in [7, 11) is 5.54. The number of amides is 1. The van der Waals surface area contributed by atoms with Crippen molar-refractivity contribution in [2.75, 3.05) is 14.1 Å². The highest BCUT2D eigenvalue weighted by atomic mass is 35.5.